The molecule has 1 aliphatic heterocycles. The molecule has 20 heavy (non-hydrogen) atoms. The van der Waals surface area contributed by atoms with Gasteiger partial charge in [0.2, 0.25) is 5.91 Å². The average molecular weight is 276 g/mol. The highest BCUT2D eigenvalue weighted by atomic mass is 19.1. The summed E-state index contributed by atoms with van der Waals surface area (Å²) in [5.74, 6) is 0.0283. The summed E-state index contributed by atoms with van der Waals surface area (Å²) >= 11 is 0. The van der Waals surface area contributed by atoms with E-state index in [0.717, 1.165) is 31.5 Å². The SMILES string of the molecule is C=CCNC(=O)C1CCN(Cc2ccccc2F)CC1. The average Bonchev–Trinajstić information content (AvgIpc) is 2.48. The van der Waals surface area contributed by atoms with Crippen LogP contribution < -0.4 is 5.32 Å². The molecule has 1 aromatic carbocycles. The lowest BCUT2D eigenvalue weighted by atomic mass is 9.95. The predicted molar refractivity (Wildman–Crippen MR) is 77.6 cm³/mol. The van der Waals surface area contributed by atoms with Gasteiger partial charge in [0.1, 0.15) is 5.82 Å². The summed E-state index contributed by atoms with van der Waals surface area (Å²) in [6, 6.07) is 6.87. The Kier molecular flexibility index (Phi) is 5.30. The summed E-state index contributed by atoms with van der Waals surface area (Å²) < 4.78 is 13.6. The quantitative estimate of drug-likeness (QED) is 0.837. The number of hydrogen-bond donors (Lipinski definition) is 1. The van der Waals surface area contributed by atoms with E-state index in [1.54, 1.807) is 12.1 Å². The van der Waals surface area contributed by atoms with Crippen LogP contribution in [0.15, 0.2) is 36.9 Å². The topological polar surface area (TPSA) is 32.3 Å². The van der Waals surface area contributed by atoms with Crippen molar-refractivity contribution in [2.45, 2.75) is 19.4 Å². The Balaban J connectivity index is 1.81. The van der Waals surface area contributed by atoms with E-state index in [2.05, 4.69) is 16.8 Å². The summed E-state index contributed by atoms with van der Waals surface area (Å²) in [4.78, 5) is 14.0. The van der Waals surface area contributed by atoms with Gasteiger partial charge in [0.25, 0.3) is 0 Å². The number of halogens is 1. The molecule has 108 valence electrons. The van der Waals surface area contributed by atoms with E-state index in [9.17, 15) is 9.18 Å². The van der Waals surface area contributed by atoms with Gasteiger partial charge in [-0.3, -0.25) is 9.69 Å². The van der Waals surface area contributed by atoms with Gasteiger partial charge >= 0.3 is 0 Å². The normalized spacial score (nSPS) is 16.9. The second-order valence-electron chi connectivity index (χ2n) is 5.18. The zero-order valence-corrected chi connectivity index (χ0v) is 11.6. The molecule has 1 N–H and O–H groups in total. The number of likely N-dealkylation sites (tertiary alicyclic amines) is 1. The minimum absolute atomic E-state index is 0.0758. The van der Waals surface area contributed by atoms with E-state index in [-0.39, 0.29) is 17.6 Å². The van der Waals surface area contributed by atoms with Crippen molar-refractivity contribution in [3.8, 4) is 0 Å². The molecule has 0 atom stereocenters. The molecule has 0 aliphatic carbocycles. The largest absolute Gasteiger partial charge is 0.352 e. The Hall–Kier alpha value is -1.68. The Morgan fingerprint density at radius 2 is 2.10 bits per heavy atom. The van der Waals surface area contributed by atoms with Gasteiger partial charge in [0, 0.05) is 24.6 Å². The van der Waals surface area contributed by atoms with Crippen LogP contribution in [-0.2, 0) is 11.3 Å². The number of carbonyl (C=O) groups is 1. The van der Waals surface area contributed by atoms with Crippen LogP contribution in [0, 0.1) is 11.7 Å². The van der Waals surface area contributed by atoms with Gasteiger partial charge in [-0.2, -0.15) is 0 Å². The second kappa shape index (κ2) is 7.20. The third kappa shape index (κ3) is 3.90. The summed E-state index contributed by atoms with van der Waals surface area (Å²) in [6.07, 6.45) is 3.35. The Labute approximate surface area is 119 Å². The van der Waals surface area contributed by atoms with Gasteiger partial charge < -0.3 is 5.32 Å². The van der Waals surface area contributed by atoms with E-state index in [0.29, 0.717) is 13.1 Å². The molecule has 1 heterocycles. The zero-order valence-electron chi connectivity index (χ0n) is 11.6. The molecule has 0 spiro atoms. The Bertz CT molecular complexity index is 467. The Morgan fingerprint density at radius 3 is 2.75 bits per heavy atom. The minimum atomic E-state index is -0.154. The van der Waals surface area contributed by atoms with Crippen LogP contribution in [0.3, 0.4) is 0 Å². The monoisotopic (exact) mass is 276 g/mol. The molecular weight excluding hydrogens is 255 g/mol. The molecule has 0 radical (unpaired) electrons. The van der Waals surface area contributed by atoms with Gasteiger partial charge in [-0.25, -0.2) is 4.39 Å². The van der Waals surface area contributed by atoms with Crippen molar-refractivity contribution in [2.75, 3.05) is 19.6 Å². The first-order valence-electron chi connectivity index (χ1n) is 7.05. The van der Waals surface area contributed by atoms with Crippen molar-refractivity contribution in [1.29, 1.82) is 0 Å². The summed E-state index contributed by atoms with van der Waals surface area (Å²) in [6.45, 7) is 6.39. The molecule has 4 heteroatoms. The second-order valence-corrected chi connectivity index (χ2v) is 5.18. The number of benzene rings is 1. The number of piperidine rings is 1. The molecule has 3 nitrogen and oxygen atoms in total. The molecule has 1 fully saturated rings. The first-order chi connectivity index (χ1) is 9.70. The lowest BCUT2D eigenvalue weighted by Crippen LogP contribution is -2.40. The molecule has 0 unspecified atom stereocenters. The van der Waals surface area contributed by atoms with Crippen LogP contribution in [0.25, 0.3) is 0 Å². The van der Waals surface area contributed by atoms with Crippen LogP contribution in [-0.4, -0.2) is 30.4 Å². The lowest BCUT2D eigenvalue weighted by molar-refractivity contribution is -0.126. The number of amides is 1. The maximum Gasteiger partial charge on any atom is 0.223 e. The highest BCUT2D eigenvalue weighted by Gasteiger charge is 2.24. The molecule has 1 amide bonds. The molecule has 0 saturated carbocycles. The predicted octanol–water partition coefficient (Wildman–Crippen LogP) is 2.34. The number of nitrogens with zero attached hydrogens (tertiary/aromatic N) is 1. The molecule has 1 aliphatic rings. The van der Waals surface area contributed by atoms with Crippen molar-refractivity contribution < 1.29 is 9.18 Å². The molecule has 0 bridgehead atoms. The van der Waals surface area contributed by atoms with Gasteiger partial charge in [0.15, 0.2) is 0 Å². The van der Waals surface area contributed by atoms with Crippen molar-refractivity contribution in [1.82, 2.24) is 10.2 Å². The van der Waals surface area contributed by atoms with Crippen LogP contribution in [0.1, 0.15) is 18.4 Å². The highest BCUT2D eigenvalue weighted by Crippen LogP contribution is 2.20. The molecule has 1 aromatic rings. The van der Waals surface area contributed by atoms with Crippen LogP contribution in [0.2, 0.25) is 0 Å². The van der Waals surface area contributed by atoms with Crippen molar-refractivity contribution >= 4 is 5.91 Å². The number of hydrogen-bond acceptors (Lipinski definition) is 2. The first-order valence-corrected chi connectivity index (χ1v) is 7.05. The summed E-state index contributed by atoms with van der Waals surface area (Å²) in [7, 11) is 0. The third-order valence-corrected chi connectivity index (χ3v) is 3.73. The fourth-order valence-corrected chi connectivity index (χ4v) is 2.54. The summed E-state index contributed by atoms with van der Waals surface area (Å²) in [5.41, 5.74) is 0.724. The van der Waals surface area contributed by atoms with Crippen LogP contribution >= 0.6 is 0 Å². The maximum atomic E-state index is 13.6. The number of rotatable bonds is 5. The summed E-state index contributed by atoms with van der Waals surface area (Å²) in [5, 5.41) is 2.84. The highest BCUT2D eigenvalue weighted by molar-refractivity contribution is 5.78. The first kappa shape index (κ1) is 14.7. The minimum Gasteiger partial charge on any atom is -0.352 e. The number of nitrogens with one attached hydrogen (secondary N) is 1. The lowest BCUT2D eigenvalue weighted by Gasteiger charge is -2.31. The van der Waals surface area contributed by atoms with Crippen LogP contribution in [0.4, 0.5) is 4.39 Å². The van der Waals surface area contributed by atoms with Crippen molar-refractivity contribution in [3.05, 3.63) is 48.3 Å². The molecular formula is C16H21FN2O. The van der Waals surface area contributed by atoms with Crippen LogP contribution in [0.5, 0.6) is 0 Å². The third-order valence-electron chi connectivity index (χ3n) is 3.73. The van der Waals surface area contributed by atoms with Gasteiger partial charge in [-0.15, -0.1) is 6.58 Å². The van der Waals surface area contributed by atoms with Crippen molar-refractivity contribution in [3.63, 3.8) is 0 Å². The zero-order chi connectivity index (χ0) is 14.4. The van der Waals surface area contributed by atoms with Gasteiger partial charge in [0.05, 0.1) is 0 Å². The molecule has 1 saturated heterocycles. The fourth-order valence-electron chi connectivity index (χ4n) is 2.54. The number of carbonyl (C=O) groups excluding carboxylic acids is 1. The molecule has 2 rings (SSSR count). The van der Waals surface area contributed by atoms with E-state index >= 15 is 0 Å². The van der Waals surface area contributed by atoms with E-state index < -0.39 is 0 Å². The standard InChI is InChI=1S/C16H21FN2O/c1-2-9-18-16(20)13-7-10-19(11-8-13)12-14-5-3-4-6-15(14)17/h2-6,13H,1,7-12H2,(H,18,20). The Morgan fingerprint density at radius 1 is 1.40 bits per heavy atom. The van der Waals surface area contributed by atoms with Gasteiger partial charge in [-0.05, 0) is 32.0 Å². The molecule has 0 aromatic heterocycles. The van der Waals surface area contributed by atoms with Gasteiger partial charge in [-0.1, -0.05) is 24.3 Å². The van der Waals surface area contributed by atoms with E-state index in [4.69, 9.17) is 0 Å². The van der Waals surface area contributed by atoms with Crippen molar-refractivity contribution in [2.24, 2.45) is 5.92 Å². The smallest absolute Gasteiger partial charge is 0.223 e. The maximum absolute atomic E-state index is 13.6. The van der Waals surface area contributed by atoms with E-state index in [1.165, 1.54) is 6.07 Å². The fraction of sp³-hybridized carbons (Fsp3) is 0.438. The van der Waals surface area contributed by atoms with E-state index in [1.807, 2.05) is 12.1 Å².